The highest BCUT2D eigenvalue weighted by atomic mass is 16.2. The zero-order valence-electron chi connectivity index (χ0n) is 12.7. The Balaban J connectivity index is 1.64. The number of para-hydroxylation sites is 1. The molecule has 2 atom stereocenters. The minimum atomic E-state index is -0.146. The van der Waals surface area contributed by atoms with Crippen molar-refractivity contribution in [2.45, 2.75) is 25.8 Å². The average molecular weight is 299 g/mol. The Labute approximate surface area is 129 Å². The van der Waals surface area contributed by atoms with Gasteiger partial charge in [-0.15, -0.1) is 5.10 Å². The van der Waals surface area contributed by atoms with Gasteiger partial charge in [0.25, 0.3) is 0 Å². The van der Waals surface area contributed by atoms with Crippen LogP contribution in [0.5, 0.6) is 0 Å². The van der Waals surface area contributed by atoms with Crippen molar-refractivity contribution in [1.82, 2.24) is 25.6 Å². The molecule has 116 valence electrons. The molecule has 1 aliphatic heterocycles. The maximum atomic E-state index is 12.3. The van der Waals surface area contributed by atoms with Crippen molar-refractivity contribution in [2.75, 3.05) is 13.1 Å². The molecule has 0 saturated carbocycles. The highest BCUT2D eigenvalue weighted by Gasteiger charge is 2.23. The molecule has 22 heavy (non-hydrogen) atoms. The monoisotopic (exact) mass is 299 g/mol. The van der Waals surface area contributed by atoms with Crippen LogP contribution in [0.1, 0.15) is 31.5 Å². The van der Waals surface area contributed by atoms with Crippen molar-refractivity contribution in [3.63, 3.8) is 0 Å². The molecule has 0 radical (unpaired) electrons. The third-order valence-corrected chi connectivity index (χ3v) is 4.00. The number of piperidine rings is 1. The number of carbonyl (C=O) groups excluding carboxylic acids is 1. The summed E-state index contributed by atoms with van der Waals surface area (Å²) in [4.78, 5) is 12.3. The van der Waals surface area contributed by atoms with Gasteiger partial charge in [-0.2, -0.15) is 0 Å². The predicted molar refractivity (Wildman–Crippen MR) is 83.5 cm³/mol. The van der Waals surface area contributed by atoms with Gasteiger partial charge in [0.05, 0.1) is 23.8 Å². The summed E-state index contributed by atoms with van der Waals surface area (Å²) in [5.41, 5.74) is 1.72. The number of hydrogen-bond donors (Lipinski definition) is 2. The van der Waals surface area contributed by atoms with Gasteiger partial charge in [0.15, 0.2) is 0 Å². The van der Waals surface area contributed by atoms with Gasteiger partial charge >= 0.3 is 0 Å². The van der Waals surface area contributed by atoms with Gasteiger partial charge in [-0.1, -0.05) is 23.4 Å². The number of hydrogen-bond acceptors (Lipinski definition) is 4. The second kappa shape index (κ2) is 6.70. The first kappa shape index (κ1) is 14.7. The van der Waals surface area contributed by atoms with Gasteiger partial charge in [0, 0.05) is 6.54 Å². The summed E-state index contributed by atoms with van der Waals surface area (Å²) in [7, 11) is 0. The molecule has 0 bridgehead atoms. The smallest absolute Gasteiger partial charge is 0.224 e. The standard InChI is InChI=1S/C16H21N5O/c1-12(18-16(22)13-6-5-9-17-10-13)15-11-21(20-19-15)14-7-3-2-4-8-14/h2-4,7-8,11-13,17H,5-6,9-10H2,1H3,(H,18,22). The third-order valence-electron chi connectivity index (χ3n) is 4.00. The van der Waals surface area contributed by atoms with Crippen molar-refractivity contribution in [2.24, 2.45) is 5.92 Å². The van der Waals surface area contributed by atoms with E-state index < -0.39 is 0 Å². The molecule has 6 nitrogen and oxygen atoms in total. The van der Waals surface area contributed by atoms with Crippen LogP contribution in [-0.2, 0) is 4.79 Å². The number of rotatable bonds is 4. The van der Waals surface area contributed by atoms with Gasteiger partial charge in [-0.25, -0.2) is 4.68 Å². The molecule has 1 saturated heterocycles. The summed E-state index contributed by atoms with van der Waals surface area (Å²) in [6.45, 7) is 3.70. The maximum Gasteiger partial charge on any atom is 0.224 e. The van der Waals surface area contributed by atoms with E-state index in [1.807, 2.05) is 43.5 Å². The van der Waals surface area contributed by atoms with Crippen LogP contribution < -0.4 is 10.6 Å². The third kappa shape index (κ3) is 3.33. The molecule has 2 heterocycles. The van der Waals surface area contributed by atoms with Crippen molar-refractivity contribution < 1.29 is 4.79 Å². The van der Waals surface area contributed by atoms with E-state index in [9.17, 15) is 4.79 Å². The fraction of sp³-hybridized carbons (Fsp3) is 0.438. The zero-order valence-corrected chi connectivity index (χ0v) is 12.7. The van der Waals surface area contributed by atoms with Crippen LogP contribution in [-0.4, -0.2) is 34.0 Å². The van der Waals surface area contributed by atoms with Crippen LogP contribution in [0.15, 0.2) is 36.5 Å². The van der Waals surface area contributed by atoms with Crippen LogP contribution in [0.3, 0.4) is 0 Å². The zero-order chi connectivity index (χ0) is 15.4. The molecule has 1 amide bonds. The highest BCUT2D eigenvalue weighted by molar-refractivity contribution is 5.79. The molecule has 1 aromatic heterocycles. The first-order valence-electron chi connectivity index (χ1n) is 7.73. The normalized spacial score (nSPS) is 19.6. The molecule has 6 heteroatoms. The van der Waals surface area contributed by atoms with Crippen LogP contribution in [0.25, 0.3) is 5.69 Å². The van der Waals surface area contributed by atoms with Gasteiger partial charge in [-0.3, -0.25) is 4.79 Å². The van der Waals surface area contributed by atoms with Crippen molar-refractivity contribution in [1.29, 1.82) is 0 Å². The topological polar surface area (TPSA) is 71.8 Å². The summed E-state index contributed by atoms with van der Waals surface area (Å²) in [6.07, 6.45) is 3.86. The van der Waals surface area contributed by atoms with Crippen molar-refractivity contribution in [3.05, 3.63) is 42.2 Å². The SMILES string of the molecule is CC(NC(=O)C1CCCNC1)c1cn(-c2ccccc2)nn1. The number of aromatic nitrogens is 3. The Morgan fingerprint density at radius 2 is 2.23 bits per heavy atom. The molecule has 1 aromatic carbocycles. The number of nitrogens with one attached hydrogen (secondary N) is 2. The molecular weight excluding hydrogens is 278 g/mol. The number of benzene rings is 1. The number of amides is 1. The van der Waals surface area contributed by atoms with E-state index in [0.717, 1.165) is 37.3 Å². The van der Waals surface area contributed by atoms with Gasteiger partial charge in [0.2, 0.25) is 5.91 Å². The van der Waals surface area contributed by atoms with Gasteiger partial charge in [0.1, 0.15) is 5.69 Å². The van der Waals surface area contributed by atoms with Crippen molar-refractivity contribution >= 4 is 5.91 Å². The predicted octanol–water partition coefficient (Wildman–Crippen LogP) is 1.44. The lowest BCUT2D eigenvalue weighted by molar-refractivity contribution is -0.126. The Hall–Kier alpha value is -2.21. The maximum absolute atomic E-state index is 12.3. The lowest BCUT2D eigenvalue weighted by atomic mass is 9.98. The van der Waals surface area contributed by atoms with Crippen LogP contribution >= 0.6 is 0 Å². The van der Waals surface area contributed by atoms with Crippen LogP contribution in [0.4, 0.5) is 0 Å². The summed E-state index contributed by atoms with van der Waals surface area (Å²) >= 11 is 0. The van der Waals surface area contributed by atoms with Crippen LogP contribution in [0, 0.1) is 5.92 Å². The molecule has 2 aromatic rings. The Morgan fingerprint density at radius 1 is 1.41 bits per heavy atom. The fourth-order valence-electron chi connectivity index (χ4n) is 2.66. The van der Waals surface area contributed by atoms with E-state index in [1.54, 1.807) is 4.68 Å². The highest BCUT2D eigenvalue weighted by Crippen LogP contribution is 2.15. The first-order chi connectivity index (χ1) is 10.7. The Bertz CT molecular complexity index is 618. The Kier molecular flexibility index (Phi) is 4.48. The van der Waals surface area contributed by atoms with E-state index in [0.29, 0.717) is 0 Å². The molecule has 1 fully saturated rings. The molecule has 2 unspecified atom stereocenters. The van der Waals surface area contributed by atoms with E-state index in [-0.39, 0.29) is 17.9 Å². The summed E-state index contributed by atoms with van der Waals surface area (Å²) in [5.74, 6) is 0.148. The lowest BCUT2D eigenvalue weighted by Crippen LogP contribution is -2.41. The second-order valence-corrected chi connectivity index (χ2v) is 5.70. The molecule has 1 aliphatic rings. The molecule has 3 rings (SSSR count). The average Bonchev–Trinajstić information content (AvgIpc) is 3.06. The minimum absolute atomic E-state index is 0.0559. The van der Waals surface area contributed by atoms with E-state index in [4.69, 9.17) is 0 Å². The minimum Gasteiger partial charge on any atom is -0.348 e. The summed E-state index contributed by atoms with van der Waals surface area (Å²) < 4.78 is 1.72. The largest absolute Gasteiger partial charge is 0.348 e. The lowest BCUT2D eigenvalue weighted by Gasteiger charge is -2.23. The summed E-state index contributed by atoms with van der Waals surface area (Å²) in [5, 5.41) is 14.6. The van der Waals surface area contributed by atoms with E-state index in [2.05, 4.69) is 20.9 Å². The van der Waals surface area contributed by atoms with E-state index in [1.165, 1.54) is 0 Å². The second-order valence-electron chi connectivity index (χ2n) is 5.70. The van der Waals surface area contributed by atoms with Crippen LogP contribution in [0.2, 0.25) is 0 Å². The van der Waals surface area contributed by atoms with Gasteiger partial charge in [-0.05, 0) is 38.4 Å². The first-order valence-corrected chi connectivity index (χ1v) is 7.73. The number of carbonyl (C=O) groups is 1. The Morgan fingerprint density at radius 3 is 2.95 bits per heavy atom. The summed E-state index contributed by atoms with van der Waals surface area (Å²) in [6, 6.07) is 9.66. The van der Waals surface area contributed by atoms with E-state index >= 15 is 0 Å². The molecular formula is C16H21N5O. The molecule has 0 spiro atoms. The fourth-order valence-corrected chi connectivity index (χ4v) is 2.66. The van der Waals surface area contributed by atoms with Crippen molar-refractivity contribution in [3.8, 4) is 5.69 Å². The van der Waals surface area contributed by atoms with Gasteiger partial charge < -0.3 is 10.6 Å². The molecule has 2 N–H and O–H groups in total. The molecule has 0 aliphatic carbocycles. The number of nitrogens with zero attached hydrogens (tertiary/aromatic N) is 3. The quantitative estimate of drug-likeness (QED) is 0.896.